The van der Waals surface area contributed by atoms with Gasteiger partial charge in [0, 0.05) is 27.0 Å². The highest BCUT2D eigenvalue weighted by Crippen LogP contribution is 2.32. The Morgan fingerprint density at radius 3 is 2.84 bits per heavy atom. The van der Waals surface area contributed by atoms with Crippen molar-refractivity contribution in [3.8, 4) is 10.7 Å². The number of nitrogens with one attached hydrogen (secondary N) is 1. The Labute approximate surface area is 167 Å². The third-order valence-electron chi connectivity index (χ3n) is 3.55. The Hall–Kier alpha value is -1.55. The molecule has 0 unspecified atom stereocenters. The molecule has 0 radical (unpaired) electrons. The number of thiophene rings is 1. The summed E-state index contributed by atoms with van der Waals surface area (Å²) in [6, 6.07) is 9.56. The van der Waals surface area contributed by atoms with Gasteiger partial charge in [0.15, 0.2) is 11.6 Å². The lowest BCUT2D eigenvalue weighted by Gasteiger charge is -1.98. The SMILES string of the molecule is Cc1c(C(=O)Nc2nc(-c3ccc(Br)s3)ns2)oc2cc(Br)ccc12. The average Bonchev–Trinajstić information content (AvgIpc) is 3.27. The van der Waals surface area contributed by atoms with Crippen LogP contribution in [-0.4, -0.2) is 15.3 Å². The molecule has 0 bridgehead atoms. The highest BCUT2D eigenvalue weighted by molar-refractivity contribution is 9.11. The van der Waals surface area contributed by atoms with Gasteiger partial charge in [-0.05, 0) is 53.2 Å². The maximum atomic E-state index is 12.6. The number of anilines is 1. The lowest BCUT2D eigenvalue weighted by atomic mass is 10.1. The van der Waals surface area contributed by atoms with Gasteiger partial charge in [-0.25, -0.2) is 0 Å². The standard InChI is InChI=1S/C16H9Br2N3O2S2/c1-7-9-3-2-8(17)6-10(9)23-13(7)15(22)20-16-19-14(21-25-16)11-4-5-12(18)24-11/h2-6H,1H3,(H,19,20,21,22). The number of benzene rings is 1. The number of hydrogen-bond acceptors (Lipinski definition) is 6. The highest BCUT2D eigenvalue weighted by Gasteiger charge is 2.19. The molecule has 0 spiro atoms. The number of fused-ring (bicyclic) bond motifs is 1. The van der Waals surface area contributed by atoms with E-state index in [1.54, 1.807) is 0 Å². The van der Waals surface area contributed by atoms with Crippen LogP contribution in [0.5, 0.6) is 0 Å². The molecule has 0 atom stereocenters. The van der Waals surface area contributed by atoms with Crippen molar-refractivity contribution in [2.75, 3.05) is 5.32 Å². The van der Waals surface area contributed by atoms with Crippen LogP contribution in [0.25, 0.3) is 21.7 Å². The molecule has 0 aliphatic heterocycles. The van der Waals surface area contributed by atoms with E-state index in [0.29, 0.717) is 16.5 Å². The van der Waals surface area contributed by atoms with Gasteiger partial charge in [-0.1, -0.05) is 15.9 Å². The van der Waals surface area contributed by atoms with Gasteiger partial charge in [-0.2, -0.15) is 9.36 Å². The maximum absolute atomic E-state index is 12.6. The van der Waals surface area contributed by atoms with Gasteiger partial charge < -0.3 is 4.42 Å². The van der Waals surface area contributed by atoms with Crippen LogP contribution in [-0.2, 0) is 0 Å². The molecule has 3 aromatic heterocycles. The summed E-state index contributed by atoms with van der Waals surface area (Å²) < 4.78 is 11.9. The second-order valence-corrected chi connectivity index (χ2v) is 9.31. The summed E-state index contributed by atoms with van der Waals surface area (Å²) in [5, 5.41) is 4.11. The first kappa shape index (κ1) is 16.9. The number of furan rings is 1. The molecule has 0 saturated heterocycles. The predicted molar refractivity (Wildman–Crippen MR) is 108 cm³/mol. The fraction of sp³-hybridized carbons (Fsp3) is 0.0625. The summed E-state index contributed by atoms with van der Waals surface area (Å²) in [4.78, 5) is 17.9. The maximum Gasteiger partial charge on any atom is 0.293 e. The number of aromatic nitrogens is 2. The molecule has 0 saturated carbocycles. The van der Waals surface area contributed by atoms with Crippen LogP contribution < -0.4 is 5.32 Å². The second kappa shape index (κ2) is 6.64. The summed E-state index contributed by atoms with van der Waals surface area (Å²) in [5.41, 5.74) is 1.46. The van der Waals surface area contributed by atoms with Gasteiger partial charge in [0.05, 0.1) is 8.66 Å². The van der Waals surface area contributed by atoms with E-state index in [1.807, 2.05) is 37.3 Å². The number of nitrogens with zero attached hydrogens (tertiary/aromatic N) is 2. The van der Waals surface area contributed by atoms with Gasteiger partial charge in [-0.3, -0.25) is 10.1 Å². The third-order valence-corrected chi connectivity index (χ3v) is 6.29. The highest BCUT2D eigenvalue weighted by atomic mass is 79.9. The van der Waals surface area contributed by atoms with Gasteiger partial charge in [0.1, 0.15) is 5.58 Å². The van der Waals surface area contributed by atoms with Crippen molar-refractivity contribution in [2.45, 2.75) is 6.92 Å². The minimum atomic E-state index is -0.333. The molecule has 1 N–H and O–H groups in total. The molecule has 4 aromatic rings. The zero-order chi connectivity index (χ0) is 17.6. The Morgan fingerprint density at radius 2 is 2.08 bits per heavy atom. The molecule has 1 aromatic carbocycles. The number of rotatable bonds is 3. The Bertz CT molecular complexity index is 1100. The minimum absolute atomic E-state index is 0.281. The molecule has 5 nitrogen and oxygen atoms in total. The quantitative estimate of drug-likeness (QED) is 0.370. The van der Waals surface area contributed by atoms with E-state index in [2.05, 4.69) is 46.5 Å². The van der Waals surface area contributed by atoms with Crippen molar-refractivity contribution >= 4 is 76.7 Å². The number of carbonyl (C=O) groups is 1. The van der Waals surface area contributed by atoms with Crippen LogP contribution >= 0.6 is 54.7 Å². The first-order chi connectivity index (χ1) is 12.0. The number of amides is 1. The predicted octanol–water partition coefficient (Wildman–Crippen LogP) is 6.10. The van der Waals surface area contributed by atoms with Gasteiger partial charge in [0.2, 0.25) is 5.13 Å². The Morgan fingerprint density at radius 1 is 1.24 bits per heavy atom. The Kier molecular flexibility index (Phi) is 4.48. The molecule has 9 heteroatoms. The number of hydrogen-bond donors (Lipinski definition) is 1. The monoisotopic (exact) mass is 497 g/mol. The molecular formula is C16H9Br2N3O2S2. The topological polar surface area (TPSA) is 68.0 Å². The second-order valence-electron chi connectivity index (χ2n) is 5.18. The van der Waals surface area contributed by atoms with Crippen molar-refractivity contribution in [3.63, 3.8) is 0 Å². The molecule has 0 fully saturated rings. The van der Waals surface area contributed by atoms with Crippen LogP contribution in [0.4, 0.5) is 5.13 Å². The first-order valence-corrected chi connectivity index (χ1v) is 10.3. The van der Waals surface area contributed by atoms with Gasteiger partial charge in [-0.15, -0.1) is 11.3 Å². The Balaban J connectivity index is 1.60. The fourth-order valence-corrected chi connectivity index (χ4v) is 4.67. The minimum Gasteiger partial charge on any atom is -0.451 e. The summed E-state index contributed by atoms with van der Waals surface area (Å²) >= 11 is 9.50. The zero-order valence-corrected chi connectivity index (χ0v) is 17.5. The third kappa shape index (κ3) is 3.29. The van der Waals surface area contributed by atoms with Crippen molar-refractivity contribution in [2.24, 2.45) is 0 Å². The molecule has 25 heavy (non-hydrogen) atoms. The molecule has 126 valence electrons. The van der Waals surface area contributed by atoms with Gasteiger partial charge >= 0.3 is 0 Å². The van der Waals surface area contributed by atoms with E-state index >= 15 is 0 Å². The zero-order valence-electron chi connectivity index (χ0n) is 12.7. The molecule has 0 aliphatic rings. The molecular weight excluding hydrogens is 490 g/mol. The fourth-order valence-electron chi connectivity index (χ4n) is 2.38. The smallest absolute Gasteiger partial charge is 0.293 e. The largest absolute Gasteiger partial charge is 0.451 e. The van der Waals surface area contributed by atoms with E-state index in [1.165, 1.54) is 11.3 Å². The van der Waals surface area contributed by atoms with Crippen molar-refractivity contribution in [3.05, 3.63) is 49.9 Å². The van der Waals surface area contributed by atoms with Crippen molar-refractivity contribution in [1.82, 2.24) is 9.36 Å². The van der Waals surface area contributed by atoms with Crippen LogP contribution in [0.2, 0.25) is 0 Å². The van der Waals surface area contributed by atoms with E-state index in [9.17, 15) is 4.79 Å². The number of carbonyl (C=O) groups excluding carboxylic acids is 1. The van der Waals surface area contributed by atoms with Gasteiger partial charge in [0.25, 0.3) is 5.91 Å². The lowest BCUT2D eigenvalue weighted by molar-refractivity contribution is 0.0998. The van der Waals surface area contributed by atoms with E-state index < -0.39 is 0 Å². The number of halogens is 2. The molecule has 3 heterocycles. The van der Waals surface area contributed by atoms with Crippen LogP contribution in [0.3, 0.4) is 0 Å². The summed E-state index contributed by atoms with van der Waals surface area (Å²) in [7, 11) is 0. The molecule has 0 aliphatic carbocycles. The van der Waals surface area contributed by atoms with E-state index in [0.717, 1.165) is 35.6 Å². The summed E-state index contributed by atoms with van der Waals surface area (Å²) in [5.74, 6) is 0.546. The summed E-state index contributed by atoms with van der Waals surface area (Å²) in [6.45, 7) is 1.86. The van der Waals surface area contributed by atoms with E-state index in [4.69, 9.17) is 4.42 Å². The van der Waals surface area contributed by atoms with Crippen LogP contribution in [0, 0.1) is 6.92 Å². The molecule has 1 amide bonds. The molecule has 4 rings (SSSR count). The van der Waals surface area contributed by atoms with E-state index in [-0.39, 0.29) is 11.7 Å². The van der Waals surface area contributed by atoms with Crippen molar-refractivity contribution < 1.29 is 9.21 Å². The average molecular weight is 499 g/mol. The normalized spacial score (nSPS) is 11.2. The van der Waals surface area contributed by atoms with Crippen molar-refractivity contribution in [1.29, 1.82) is 0 Å². The summed E-state index contributed by atoms with van der Waals surface area (Å²) in [6.07, 6.45) is 0. The lowest BCUT2D eigenvalue weighted by Crippen LogP contribution is -2.11. The number of aryl methyl sites for hydroxylation is 1. The van der Waals surface area contributed by atoms with Crippen LogP contribution in [0.15, 0.2) is 43.0 Å². The first-order valence-electron chi connectivity index (χ1n) is 7.10. The van der Waals surface area contributed by atoms with Crippen LogP contribution in [0.1, 0.15) is 16.1 Å².